The molecule has 18 heavy (non-hydrogen) atoms. The van der Waals surface area contributed by atoms with Crippen LogP contribution in [0.3, 0.4) is 0 Å². The van der Waals surface area contributed by atoms with E-state index in [1.54, 1.807) is 6.92 Å². The maximum atomic E-state index is 11.3. The van der Waals surface area contributed by atoms with Crippen LogP contribution in [0.2, 0.25) is 0 Å². The molecule has 0 spiro atoms. The molecule has 0 aliphatic heterocycles. The van der Waals surface area contributed by atoms with Gasteiger partial charge in [-0.1, -0.05) is 32.1 Å². The van der Waals surface area contributed by atoms with Crippen molar-refractivity contribution in [3.8, 4) is 0 Å². The smallest absolute Gasteiger partial charge is 0.333 e. The van der Waals surface area contributed by atoms with Crippen LogP contribution < -0.4 is 5.32 Å². The molecule has 1 aliphatic rings. The minimum Gasteiger partial charge on any atom is -0.481 e. The lowest BCUT2D eigenvalue weighted by Gasteiger charge is -2.37. The van der Waals surface area contributed by atoms with Gasteiger partial charge >= 0.3 is 11.9 Å². The number of carboxylic acid groups (broad SMARTS) is 2. The fraction of sp³-hybridized carbons (Fsp3) is 0.538. The monoisotopic (exact) mass is 253 g/mol. The summed E-state index contributed by atoms with van der Waals surface area (Å²) in [7, 11) is 0. The number of rotatable bonds is 5. The summed E-state index contributed by atoms with van der Waals surface area (Å²) in [5.74, 6) is -2.70. The highest BCUT2D eigenvalue weighted by Crippen LogP contribution is 2.31. The third-order valence-electron chi connectivity index (χ3n) is 3.12. The summed E-state index contributed by atoms with van der Waals surface area (Å²) in [6.45, 7) is 6.14. The van der Waals surface area contributed by atoms with Crippen molar-refractivity contribution in [1.82, 2.24) is 5.32 Å². The van der Waals surface area contributed by atoms with Gasteiger partial charge in [0, 0.05) is 0 Å². The van der Waals surface area contributed by atoms with Crippen LogP contribution >= 0.6 is 0 Å². The molecule has 0 radical (unpaired) electrons. The Bertz CT molecular complexity index is 411. The van der Waals surface area contributed by atoms with Gasteiger partial charge in [0.1, 0.15) is 0 Å². The van der Waals surface area contributed by atoms with E-state index >= 15 is 0 Å². The molecule has 5 nitrogen and oxygen atoms in total. The van der Waals surface area contributed by atoms with E-state index in [1.165, 1.54) is 18.2 Å². The quantitative estimate of drug-likeness (QED) is 0.687. The number of nitrogens with one attached hydrogen (secondary N) is 1. The molecular weight excluding hydrogens is 234 g/mol. The maximum absolute atomic E-state index is 11.3. The Balaban J connectivity index is 3.10. The van der Waals surface area contributed by atoms with Crippen molar-refractivity contribution in [3.63, 3.8) is 0 Å². The zero-order valence-electron chi connectivity index (χ0n) is 10.8. The van der Waals surface area contributed by atoms with Crippen LogP contribution in [-0.4, -0.2) is 34.2 Å². The highest BCUT2D eigenvalue weighted by atomic mass is 16.4. The standard InChI is InChI=1S/C13H19NO4/c1-8(2)7-14-13(3)9(11(15)16)5-4-6-10(13)12(17)18/h4-6,8-9,14H,7H2,1-3H3,(H,15,16)(H,17,18). The molecule has 0 heterocycles. The number of aliphatic carboxylic acids is 2. The highest BCUT2D eigenvalue weighted by molar-refractivity contribution is 5.92. The van der Waals surface area contributed by atoms with Crippen LogP contribution in [0.25, 0.3) is 0 Å². The van der Waals surface area contributed by atoms with Gasteiger partial charge in [-0.3, -0.25) is 4.79 Å². The summed E-state index contributed by atoms with van der Waals surface area (Å²) in [6, 6.07) is 0. The van der Waals surface area contributed by atoms with Crippen molar-refractivity contribution in [1.29, 1.82) is 0 Å². The number of allylic oxidation sites excluding steroid dienone is 2. The molecule has 0 aromatic heterocycles. The molecule has 3 N–H and O–H groups in total. The fourth-order valence-electron chi connectivity index (χ4n) is 2.04. The Kier molecular flexibility index (Phi) is 4.29. The first kappa shape index (κ1) is 14.4. The third-order valence-corrected chi connectivity index (χ3v) is 3.12. The minimum atomic E-state index is -1.09. The maximum Gasteiger partial charge on any atom is 0.333 e. The molecule has 0 amide bonds. The summed E-state index contributed by atoms with van der Waals surface area (Å²) >= 11 is 0. The average molecular weight is 253 g/mol. The molecule has 2 atom stereocenters. The lowest BCUT2D eigenvalue weighted by Crippen LogP contribution is -2.55. The Labute approximate surface area is 106 Å². The largest absolute Gasteiger partial charge is 0.481 e. The molecular formula is C13H19NO4. The van der Waals surface area contributed by atoms with Crippen molar-refractivity contribution in [2.75, 3.05) is 6.54 Å². The molecule has 5 heteroatoms. The lowest BCUT2D eigenvalue weighted by atomic mass is 9.75. The first-order valence-electron chi connectivity index (χ1n) is 5.89. The van der Waals surface area contributed by atoms with Gasteiger partial charge in [0.05, 0.1) is 17.0 Å². The Morgan fingerprint density at radius 2 is 2.06 bits per heavy atom. The predicted molar refractivity (Wildman–Crippen MR) is 67.2 cm³/mol. The zero-order valence-corrected chi connectivity index (χ0v) is 10.8. The topological polar surface area (TPSA) is 86.6 Å². The van der Waals surface area contributed by atoms with Gasteiger partial charge in [0.15, 0.2) is 0 Å². The molecule has 0 saturated carbocycles. The molecule has 100 valence electrons. The fourth-order valence-corrected chi connectivity index (χ4v) is 2.04. The summed E-state index contributed by atoms with van der Waals surface area (Å²) in [5, 5.41) is 21.5. The van der Waals surface area contributed by atoms with Gasteiger partial charge in [0.2, 0.25) is 0 Å². The van der Waals surface area contributed by atoms with E-state index in [0.717, 1.165) is 0 Å². The van der Waals surface area contributed by atoms with Crippen molar-refractivity contribution < 1.29 is 19.8 Å². The minimum absolute atomic E-state index is 0.0815. The van der Waals surface area contributed by atoms with Crippen molar-refractivity contribution in [2.45, 2.75) is 26.3 Å². The highest BCUT2D eigenvalue weighted by Gasteiger charge is 2.44. The number of carbonyl (C=O) groups is 2. The van der Waals surface area contributed by atoms with Crippen LogP contribution in [0.5, 0.6) is 0 Å². The average Bonchev–Trinajstić information content (AvgIpc) is 2.25. The zero-order chi connectivity index (χ0) is 13.9. The van der Waals surface area contributed by atoms with Gasteiger partial charge in [-0.05, 0) is 19.4 Å². The Morgan fingerprint density at radius 1 is 1.44 bits per heavy atom. The third kappa shape index (κ3) is 2.79. The first-order chi connectivity index (χ1) is 8.29. The van der Waals surface area contributed by atoms with E-state index in [0.29, 0.717) is 12.5 Å². The van der Waals surface area contributed by atoms with E-state index in [-0.39, 0.29) is 5.57 Å². The van der Waals surface area contributed by atoms with Crippen LogP contribution in [-0.2, 0) is 9.59 Å². The summed E-state index contributed by atoms with van der Waals surface area (Å²) in [6.07, 6.45) is 4.46. The Morgan fingerprint density at radius 3 is 2.50 bits per heavy atom. The molecule has 0 aromatic rings. The molecule has 0 saturated heterocycles. The second-order valence-corrected chi connectivity index (χ2v) is 5.06. The van der Waals surface area contributed by atoms with E-state index in [4.69, 9.17) is 0 Å². The van der Waals surface area contributed by atoms with Gasteiger partial charge in [-0.15, -0.1) is 0 Å². The normalized spacial score (nSPS) is 27.1. The van der Waals surface area contributed by atoms with Gasteiger partial charge in [0.25, 0.3) is 0 Å². The molecule has 2 unspecified atom stereocenters. The second-order valence-electron chi connectivity index (χ2n) is 5.06. The number of hydrogen-bond acceptors (Lipinski definition) is 3. The van der Waals surface area contributed by atoms with E-state index < -0.39 is 23.4 Å². The first-order valence-corrected chi connectivity index (χ1v) is 5.89. The lowest BCUT2D eigenvalue weighted by molar-refractivity contribution is -0.142. The van der Waals surface area contributed by atoms with Crippen LogP contribution in [0.1, 0.15) is 20.8 Å². The summed E-state index contributed by atoms with van der Waals surface area (Å²) < 4.78 is 0. The van der Waals surface area contributed by atoms with Gasteiger partial charge in [-0.25, -0.2) is 4.79 Å². The molecule has 0 bridgehead atoms. The van der Waals surface area contributed by atoms with E-state index in [9.17, 15) is 19.8 Å². The van der Waals surface area contributed by atoms with Crippen LogP contribution in [0.15, 0.2) is 23.8 Å². The molecule has 1 rings (SSSR count). The predicted octanol–water partition coefficient (Wildman–Crippen LogP) is 1.27. The Hall–Kier alpha value is -1.62. The number of carboxylic acids is 2. The SMILES string of the molecule is CC(C)CNC1(C)C(C(=O)O)=CC=CC1C(=O)O. The van der Waals surface area contributed by atoms with E-state index in [2.05, 4.69) is 5.32 Å². The van der Waals surface area contributed by atoms with Gasteiger partial charge < -0.3 is 15.5 Å². The van der Waals surface area contributed by atoms with Crippen molar-refractivity contribution >= 4 is 11.9 Å². The van der Waals surface area contributed by atoms with E-state index in [1.807, 2.05) is 13.8 Å². The summed E-state index contributed by atoms with van der Waals surface area (Å²) in [4.78, 5) is 22.5. The van der Waals surface area contributed by atoms with Crippen LogP contribution in [0, 0.1) is 11.8 Å². The van der Waals surface area contributed by atoms with Crippen molar-refractivity contribution in [3.05, 3.63) is 23.8 Å². The second kappa shape index (κ2) is 5.35. The molecule has 0 aromatic carbocycles. The summed E-state index contributed by atoms with van der Waals surface area (Å²) in [5.41, 5.74) is -1.01. The van der Waals surface area contributed by atoms with Crippen molar-refractivity contribution in [2.24, 2.45) is 11.8 Å². The molecule has 0 fully saturated rings. The number of hydrogen-bond donors (Lipinski definition) is 3. The molecule has 1 aliphatic carbocycles. The van der Waals surface area contributed by atoms with Crippen LogP contribution in [0.4, 0.5) is 0 Å². The van der Waals surface area contributed by atoms with Gasteiger partial charge in [-0.2, -0.15) is 0 Å².